The van der Waals surface area contributed by atoms with Crippen LogP contribution in [0.15, 0.2) is 54.6 Å². The molecule has 2 aliphatic rings. The Kier molecular flexibility index (Phi) is 9.35. The number of benzene rings is 2. The van der Waals surface area contributed by atoms with Gasteiger partial charge < -0.3 is 10.2 Å². The minimum Gasteiger partial charge on any atom is -0.473 e. The first kappa shape index (κ1) is 24.8. The van der Waals surface area contributed by atoms with E-state index in [9.17, 15) is 4.39 Å². The first-order valence-electron chi connectivity index (χ1n) is 11.3. The Morgan fingerprint density at radius 1 is 0.727 bits per heavy atom. The number of likely N-dealkylation sites (tertiary alicyclic amines) is 1. The molecule has 0 bridgehead atoms. The fourth-order valence-electron chi connectivity index (χ4n) is 4.42. The highest BCUT2D eigenvalue weighted by Crippen LogP contribution is 2.20. The number of nitrogens with zero attached hydrogens (tertiary/aromatic N) is 3. The quantitative estimate of drug-likeness (QED) is 0.668. The Hall–Kier alpha value is -2.81. The van der Waals surface area contributed by atoms with E-state index in [4.69, 9.17) is 19.8 Å². The molecule has 2 aromatic carbocycles. The Bertz CT molecular complexity index is 866. The minimum atomic E-state index is -1.82. The monoisotopic (exact) mass is 457 g/mol. The Morgan fingerprint density at radius 3 is 1.73 bits per heavy atom. The average Bonchev–Trinajstić information content (AvgIpc) is 2.83. The van der Waals surface area contributed by atoms with Gasteiger partial charge in [0.15, 0.2) is 0 Å². The van der Waals surface area contributed by atoms with Crippen molar-refractivity contribution >= 4 is 11.9 Å². The molecule has 0 spiro atoms. The molecule has 0 aliphatic carbocycles. The number of halogens is 1. The molecule has 0 atom stereocenters. The van der Waals surface area contributed by atoms with Crippen molar-refractivity contribution in [2.24, 2.45) is 0 Å². The predicted molar refractivity (Wildman–Crippen MR) is 123 cm³/mol. The van der Waals surface area contributed by atoms with Crippen LogP contribution in [0.4, 0.5) is 4.39 Å². The van der Waals surface area contributed by atoms with Gasteiger partial charge in [-0.15, -0.1) is 0 Å². The van der Waals surface area contributed by atoms with Crippen LogP contribution >= 0.6 is 0 Å². The molecule has 0 aromatic heterocycles. The molecule has 2 aromatic rings. The number of carboxylic acid groups (broad SMARTS) is 2. The van der Waals surface area contributed by atoms with Gasteiger partial charge in [-0.2, -0.15) is 0 Å². The van der Waals surface area contributed by atoms with E-state index in [1.54, 1.807) is 12.1 Å². The van der Waals surface area contributed by atoms with E-state index in [2.05, 4.69) is 45.0 Å². The summed E-state index contributed by atoms with van der Waals surface area (Å²) < 4.78 is 13.0. The van der Waals surface area contributed by atoms with Crippen LogP contribution in [0.2, 0.25) is 0 Å². The predicted octanol–water partition coefficient (Wildman–Crippen LogP) is 2.76. The van der Waals surface area contributed by atoms with Gasteiger partial charge in [-0.25, -0.2) is 14.0 Å². The number of aliphatic carboxylic acids is 2. The molecular formula is C25H32FN3O4. The highest BCUT2D eigenvalue weighted by molar-refractivity contribution is 6.27. The average molecular weight is 458 g/mol. The van der Waals surface area contributed by atoms with Gasteiger partial charge in [-0.3, -0.25) is 14.7 Å². The topological polar surface area (TPSA) is 84.3 Å². The maximum Gasteiger partial charge on any atom is 0.414 e. The third kappa shape index (κ3) is 8.24. The van der Waals surface area contributed by atoms with Crippen molar-refractivity contribution in [3.05, 3.63) is 71.5 Å². The van der Waals surface area contributed by atoms with E-state index in [-0.39, 0.29) is 5.82 Å². The zero-order valence-corrected chi connectivity index (χ0v) is 18.8. The second-order valence-electron chi connectivity index (χ2n) is 8.54. The van der Waals surface area contributed by atoms with E-state index in [1.165, 1.54) is 50.1 Å². The first-order chi connectivity index (χ1) is 15.9. The third-order valence-electron chi connectivity index (χ3n) is 6.23. The van der Waals surface area contributed by atoms with Crippen LogP contribution in [0.3, 0.4) is 0 Å². The van der Waals surface area contributed by atoms with Gasteiger partial charge >= 0.3 is 11.9 Å². The number of rotatable bonds is 5. The van der Waals surface area contributed by atoms with Crippen molar-refractivity contribution in [1.29, 1.82) is 0 Å². The van der Waals surface area contributed by atoms with Crippen LogP contribution in [-0.4, -0.2) is 82.2 Å². The summed E-state index contributed by atoms with van der Waals surface area (Å²) in [6.45, 7) is 9.03. The number of carboxylic acids is 2. The second kappa shape index (κ2) is 12.4. The Labute approximate surface area is 194 Å². The summed E-state index contributed by atoms with van der Waals surface area (Å²) in [5, 5.41) is 14.8. The second-order valence-corrected chi connectivity index (χ2v) is 8.54. The molecule has 33 heavy (non-hydrogen) atoms. The molecule has 8 heteroatoms. The number of piperazine rings is 1. The summed E-state index contributed by atoms with van der Waals surface area (Å²) in [7, 11) is 0. The van der Waals surface area contributed by atoms with Crippen molar-refractivity contribution < 1.29 is 24.2 Å². The van der Waals surface area contributed by atoms with Gasteiger partial charge in [0.1, 0.15) is 5.82 Å². The molecule has 2 N–H and O–H groups in total. The fraction of sp³-hybridized carbons (Fsp3) is 0.440. The number of hydrogen-bond donors (Lipinski definition) is 2. The van der Waals surface area contributed by atoms with Crippen LogP contribution in [0, 0.1) is 5.82 Å². The highest BCUT2D eigenvalue weighted by Gasteiger charge is 2.27. The molecule has 2 fully saturated rings. The summed E-state index contributed by atoms with van der Waals surface area (Å²) in [5.74, 6) is -3.80. The molecule has 0 radical (unpaired) electrons. The fourth-order valence-corrected chi connectivity index (χ4v) is 4.42. The van der Waals surface area contributed by atoms with Crippen LogP contribution in [0.25, 0.3) is 0 Å². The molecule has 2 saturated heterocycles. The molecule has 2 heterocycles. The zero-order chi connectivity index (χ0) is 23.6. The van der Waals surface area contributed by atoms with Crippen LogP contribution in [0.1, 0.15) is 24.0 Å². The van der Waals surface area contributed by atoms with Gasteiger partial charge in [-0.05, 0) is 49.2 Å². The van der Waals surface area contributed by atoms with Gasteiger partial charge in [0, 0.05) is 45.3 Å². The summed E-state index contributed by atoms with van der Waals surface area (Å²) in [4.78, 5) is 26.0. The minimum absolute atomic E-state index is 0.149. The van der Waals surface area contributed by atoms with Crippen molar-refractivity contribution in [2.45, 2.75) is 32.0 Å². The van der Waals surface area contributed by atoms with Gasteiger partial charge in [0.25, 0.3) is 0 Å². The standard InChI is InChI=1S/C23H30FN3.C2H2O4/c24-22-8-6-21(7-9-22)19-25-12-10-23(11-13-25)27-16-14-26(15-17-27)18-20-4-2-1-3-5-20;3-1(4)2(5)6/h1-9,23H,10-19H2;(H,3,4)(H,5,6). The largest absolute Gasteiger partial charge is 0.473 e. The molecule has 0 amide bonds. The third-order valence-corrected chi connectivity index (χ3v) is 6.23. The van der Waals surface area contributed by atoms with Gasteiger partial charge in [0.05, 0.1) is 0 Å². The number of carbonyl (C=O) groups is 2. The Morgan fingerprint density at radius 2 is 1.21 bits per heavy atom. The molecule has 7 nitrogen and oxygen atoms in total. The summed E-state index contributed by atoms with van der Waals surface area (Å²) >= 11 is 0. The Balaban J connectivity index is 0.000000454. The zero-order valence-electron chi connectivity index (χ0n) is 18.8. The molecule has 178 valence electrons. The van der Waals surface area contributed by atoms with Crippen LogP contribution in [-0.2, 0) is 22.7 Å². The van der Waals surface area contributed by atoms with E-state index >= 15 is 0 Å². The lowest BCUT2D eigenvalue weighted by atomic mass is 10.0. The van der Waals surface area contributed by atoms with Crippen molar-refractivity contribution in [3.63, 3.8) is 0 Å². The molecule has 0 unspecified atom stereocenters. The summed E-state index contributed by atoms with van der Waals surface area (Å²) in [6.07, 6.45) is 2.50. The lowest BCUT2D eigenvalue weighted by molar-refractivity contribution is -0.159. The van der Waals surface area contributed by atoms with Gasteiger partial charge in [0.2, 0.25) is 0 Å². The molecule has 4 rings (SSSR count). The maximum atomic E-state index is 13.0. The van der Waals surface area contributed by atoms with E-state index in [0.29, 0.717) is 0 Å². The lowest BCUT2D eigenvalue weighted by Crippen LogP contribution is -2.52. The number of piperidine rings is 1. The molecular weight excluding hydrogens is 425 g/mol. The lowest BCUT2D eigenvalue weighted by Gasteiger charge is -2.42. The van der Waals surface area contributed by atoms with Crippen LogP contribution < -0.4 is 0 Å². The van der Waals surface area contributed by atoms with E-state index in [1.807, 2.05) is 12.1 Å². The van der Waals surface area contributed by atoms with Crippen molar-refractivity contribution in [1.82, 2.24) is 14.7 Å². The summed E-state index contributed by atoms with van der Waals surface area (Å²) in [5.41, 5.74) is 2.63. The van der Waals surface area contributed by atoms with E-state index < -0.39 is 11.9 Å². The SMILES string of the molecule is Fc1ccc(CN2CCC(N3CCN(Cc4ccccc4)CC3)CC2)cc1.O=C(O)C(=O)O. The van der Waals surface area contributed by atoms with Crippen molar-refractivity contribution in [2.75, 3.05) is 39.3 Å². The van der Waals surface area contributed by atoms with Crippen molar-refractivity contribution in [3.8, 4) is 0 Å². The smallest absolute Gasteiger partial charge is 0.414 e. The maximum absolute atomic E-state index is 13.0. The normalized spacial score (nSPS) is 18.3. The van der Waals surface area contributed by atoms with Crippen LogP contribution in [0.5, 0.6) is 0 Å². The van der Waals surface area contributed by atoms with Gasteiger partial charge in [-0.1, -0.05) is 42.5 Å². The van der Waals surface area contributed by atoms with E-state index in [0.717, 1.165) is 32.2 Å². The first-order valence-corrected chi connectivity index (χ1v) is 11.3. The number of hydrogen-bond acceptors (Lipinski definition) is 5. The highest BCUT2D eigenvalue weighted by atomic mass is 19.1. The molecule has 0 saturated carbocycles. The molecule has 2 aliphatic heterocycles. The summed E-state index contributed by atoms with van der Waals surface area (Å²) in [6, 6.07) is 18.5.